The zero-order chi connectivity index (χ0) is 42.0. The third kappa shape index (κ3) is 9.18. The molecule has 3 aliphatic heterocycles. The summed E-state index contributed by atoms with van der Waals surface area (Å²) in [4.78, 5) is 40.0. The van der Waals surface area contributed by atoms with E-state index >= 15 is 4.39 Å². The Morgan fingerprint density at radius 2 is 1.67 bits per heavy atom. The van der Waals surface area contributed by atoms with Gasteiger partial charge in [0.15, 0.2) is 5.82 Å². The van der Waals surface area contributed by atoms with E-state index in [1.165, 1.54) is 12.1 Å². The van der Waals surface area contributed by atoms with E-state index in [1.807, 2.05) is 24.3 Å². The van der Waals surface area contributed by atoms with E-state index in [9.17, 15) is 18.0 Å². The number of halogens is 2. The number of carbonyl (C=O) groups excluding carboxylic acids is 2. The highest BCUT2D eigenvalue weighted by molar-refractivity contribution is 7.92. The van der Waals surface area contributed by atoms with Crippen LogP contribution in [0.25, 0.3) is 28.1 Å². The van der Waals surface area contributed by atoms with Gasteiger partial charge in [-0.2, -0.15) is 5.10 Å². The summed E-state index contributed by atoms with van der Waals surface area (Å²) in [5, 5.41) is 7.51. The van der Waals surface area contributed by atoms with Crippen molar-refractivity contribution in [1.29, 1.82) is 0 Å². The van der Waals surface area contributed by atoms with Gasteiger partial charge in [0.25, 0.3) is 0 Å². The number of hydrogen-bond donors (Lipinski definition) is 2. The van der Waals surface area contributed by atoms with Gasteiger partial charge in [-0.05, 0) is 98.7 Å². The lowest BCUT2D eigenvalue weighted by molar-refractivity contribution is -0.134. The molecule has 3 fully saturated rings. The van der Waals surface area contributed by atoms with Gasteiger partial charge in [0.05, 0.1) is 23.0 Å². The van der Waals surface area contributed by atoms with Gasteiger partial charge in [-0.3, -0.25) is 29.5 Å². The summed E-state index contributed by atoms with van der Waals surface area (Å²) in [5.41, 5.74) is 4.33. The van der Waals surface area contributed by atoms with Crippen molar-refractivity contribution in [3.8, 4) is 28.1 Å². The topological polar surface area (TPSA) is 146 Å². The molecule has 2 aromatic carbocycles. The molecule has 60 heavy (non-hydrogen) atoms. The summed E-state index contributed by atoms with van der Waals surface area (Å²) in [6, 6.07) is 18.9. The standard InChI is InChI=1S/C44H49ClFN9O4S/c1-3-22-60(58,59)51-39-24-33(45)23-37(42(39)46)38-28-55(50-43(38)31-12-16-47-17-13-31)35-7-5-34(6-8-35)54-21-20-53(29(2)26-54)27-30-14-18-52(19-15-30)40-10-4-32(25-48-40)36-9-11-41(56)49-44(36)57/h4-8,10,12-13,16-17,23-25,28-30,36,51H,3,9,11,14-15,18-22,26-27H2,1-2H3,(H,49,56,57)/t29-,36?/m1/s1. The quantitative estimate of drug-likeness (QED) is 0.127. The summed E-state index contributed by atoms with van der Waals surface area (Å²) < 4.78 is 45.4. The van der Waals surface area contributed by atoms with Crippen molar-refractivity contribution in [1.82, 2.24) is 30.0 Å². The number of pyridine rings is 2. The monoisotopic (exact) mass is 853 g/mol. The van der Waals surface area contributed by atoms with Crippen molar-refractivity contribution < 1.29 is 22.4 Å². The molecule has 3 aliphatic rings. The minimum absolute atomic E-state index is 0.124. The van der Waals surface area contributed by atoms with Gasteiger partial charge in [0, 0.05) is 104 Å². The van der Waals surface area contributed by atoms with E-state index in [0.29, 0.717) is 42.5 Å². The van der Waals surface area contributed by atoms with E-state index in [2.05, 4.69) is 48.8 Å². The highest BCUT2D eigenvalue weighted by Crippen LogP contribution is 2.38. The van der Waals surface area contributed by atoms with E-state index in [0.717, 1.165) is 80.4 Å². The number of benzene rings is 2. The minimum Gasteiger partial charge on any atom is -0.369 e. The van der Waals surface area contributed by atoms with E-state index in [-0.39, 0.29) is 39.8 Å². The van der Waals surface area contributed by atoms with Gasteiger partial charge in [-0.15, -0.1) is 0 Å². The van der Waals surface area contributed by atoms with Crippen molar-refractivity contribution in [3.05, 3.63) is 102 Å². The summed E-state index contributed by atoms with van der Waals surface area (Å²) >= 11 is 6.45. The number of piperazine rings is 1. The van der Waals surface area contributed by atoms with Gasteiger partial charge in [-0.25, -0.2) is 22.5 Å². The second-order valence-corrected chi connectivity index (χ2v) is 18.3. The fourth-order valence-corrected chi connectivity index (χ4v) is 9.91. The molecule has 3 saturated heterocycles. The zero-order valence-electron chi connectivity index (χ0n) is 33.7. The number of sulfonamides is 1. The molecule has 0 radical (unpaired) electrons. The normalized spacial score (nSPS) is 19.4. The van der Waals surface area contributed by atoms with E-state index < -0.39 is 15.8 Å². The molecule has 5 aromatic rings. The van der Waals surface area contributed by atoms with Crippen molar-refractivity contribution in [2.75, 3.05) is 59.5 Å². The maximum absolute atomic E-state index is 16.2. The number of amides is 2. The first-order valence-electron chi connectivity index (χ1n) is 20.6. The zero-order valence-corrected chi connectivity index (χ0v) is 35.3. The third-order valence-electron chi connectivity index (χ3n) is 11.8. The van der Waals surface area contributed by atoms with Crippen molar-refractivity contribution in [2.24, 2.45) is 5.92 Å². The molecule has 2 atom stereocenters. The molecular formula is C44H49ClFN9O4S. The number of piperidine rings is 2. The molecule has 3 aromatic heterocycles. The van der Waals surface area contributed by atoms with Crippen LogP contribution >= 0.6 is 11.6 Å². The Morgan fingerprint density at radius 3 is 2.35 bits per heavy atom. The van der Waals surface area contributed by atoms with Crippen LogP contribution in [0.5, 0.6) is 0 Å². The summed E-state index contributed by atoms with van der Waals surface area (Å²) in [5.74, 6) is -0.129. The Balaban J connectivity index is 0.900. The highest BCUT2D eigenvalue weighted by Gasteiger charge is 2.31. The molecule has 16 heteroatoms. The van der Waals surface area contributed by atoms with Gasteiger partial charge in [0.2, 0.25) is 21.8 Å². The molecule has 0 spiro atoms. The third-order valence-corrected chi connectivity index (χ3v) is 13.5. The summed E-state index contributed by atoms with van der Waals surface area (Å²) in [6.07, 6.45) is 10.2. The number of imide groups is 1. The maximum atomic E-state index is 16.2. The number of anilines is 3. The molecule has 314 valence electrons. The highest BCUT2D eigenvalue weighted by atomic mass is 35.5. The maximum Gasteiger partial charge on any atom is 0.234 e. The molecule has 0 saturated carbocycles. The van der Waals surface area contributed by atoms with Crippen LogP contribution in [0.1, 0.15) is 57.4 Å². The number of nitrogens with one attached hydrogen (secondary N) is 2. The number of nitrogens with zero attached hydrogens (tertiary/aromatic N) is 7. The predicted molar refractivity (Wildman–Crippen MR) is 232 cm³/mol. The lowest BCUT2D eigenvalue weighted by Gasteiger charge is -2.43. The molecule has 0 aliphatic carbocycles. The smallest absolute Gasteiger partial charge is 0.234 e. The van der Waals surface area contributed by atoms with Crippen molar-refractivity contribution in [2.45, 2.75) is 57.9 Å². The Bertz CT molecular complexity index is 2440. The Labute approximate surface area is 355 Å². The predicted octanol–water partition coefficient (Wildman–Crippen LogP) is 6.89. The van der Waals surface area contributed by atoms with Crippen molar-refractivity contribution >= 4 is 50.6 Å². The number of rotatable bonds is 12. The molecule has 0 bridgehead atoms. The molecular weight excluding hydrogens is 805 g/mol. The average molecular weight is 854 g/mol. The van der Waals surface area contributed by atoms with Crippen LogP contribution in [0, 0.1) is 11.7 Å². The molecule has 2 amide bonds. The van der Waals surface area contributed by atoms with Crippen LogP contribution in [-0.2, 0) is 19.6 Å². The minimum atomic E-state index is -3.77. The second-order valence-electron chi connectivity index (χ2n) is 16.0. The van der Waals surface area contributed by atoms with Crippen molar-refractivity contribution in [3.63, 3.8) is 0 Å². The Hall–Kier alpha value is -5.38. The Morgan fingerprint density at radius 1 is 0.917 bits per heavy atom. The SMILES string of the molecule is CCCS(=O)(=O)Nc1cc(Cl)cc(-c2cn(-c3ccc(N4CCN(CC5CCN(c6ccc(C7CCC(=O)NC7=O)cn6)CC5)[C@H](C)C4)cc3)nc2-c2ccncc2)c1F. The first kappa shape index (κ1) is 41.4. The molecule has 2 N–H and O–H groups in total. The van der Waals surface area contributed by atoms with Crippen LogP contribution in [0.3, 0.4) is 0 Å². The van der Waals surface area contributed by atoms with Crippen LogP contribution in [0.2, 0.25) is 5.02 Å². The van der Waals surface area contributed by atoms with Gasteiger partial charge >= 0.3 is 0 Å². The second kappa shape index (κ2) is 17.7. The van der Waals surface area contributed by atoms with Gasteiger partial charge in [0.1, 0.15) is 11.5 Å². The molecule has 6 heterocycles. The summed E-state index contributed by atoms with van der Waals surface area (Å²) in [6.45, 7) is 9.74. The van der Waals surface area contributed by atoms with Crippen LogP contribution in [0.15, 0.2) is 85.5 Å². The lowest BCUT2D eigenvalue weighted by Crippen LogP contribution is -2.53. The number of hydrogen-bond acceptors (Lipinski definition) is 10. The van der Waals surface area contributed by atoms with E-state index in [4.69, 9.17) is 21.7 Å². The summed E-state index contributed by atoms with van der Waals surface area (Å²) in [7, 11) is -3.77. The average Bonchev–Trinajstić information content (AvgIpc) is 3.69. The fraction of sp³-hybridized carbons (Fsp3) is 0.386. The molecule has 1 unspecified atom stereocenters. The van der Waals surface area contributed by atoms with Crippen LogP contribution < -0.4 is 19.8 Å². The largest absolute Gasteiger partial charge is 0.369 e. The van der Waals surface area contributed by atoms with Gasteiger partial charge < -0.3 is 9.80 Å². The lowest BCUT2D eigenvalue weighted by atomic mass is 9.91. The molecule has 8 rings (SSSR count). The fourth-order valence-electron chi connectivity index (χ4n) is 8.57. The first-order valence-corrected chi connectivity index (χ1v) is 22.6. The molecule has 13 nitrogen and oxygen atoms in total. The number of aromatic nitrogens is 4. The first-order chi connectivity index (χ1) is 28.9. The van der Waals surface area contributed by atoms with Crippen LogP contribution in [-0.4, -0.2) is 95.9 Å². The van der Waals surface area contributed by atoms with E-state index in [1.54, 1.807) is 48.5 Å². The Kier molecular flexibility index (Phi) is 12.2. The van der Waals surface area contributed by atoms with Gasteiger partial charge in [-0.1, -0.05) is 24.6 Å². The number of carbonyl (C=O) groups is 2. The van der Waals surface area contributed by atoms with Crippen LogP contribution in [0.4, 0.5) is 21.6 Å².